The number of ether oxygens (including phenoxy) is 1. The highest BCUT2D eigenvalue weighted by Crippen LogP contribution is 2.33. The van der Waals surface area contributed by atoms with Crippen LogP contribution >= 0.6 is 0 Å². The highest BCUT2D eigenvalue weighted by molar-refractivity contribution is 5.76. The summed E-state index contributed by atoms with van der Waals surface area (Å²) in [7, 11) is 1.42. The predicted octanol–water partition coefficient (Wildman–Crippen LogP) is 1.44. The molecule has 1 unspecified atom stereocenters. The summed E-state index contributed by atoms with van der Waals surface area (Å²) in [5, 5.41) is 0. The molecule has 2 N–H and O–H groups in total. The minimum Gasteiger partial charge on any atom is -0.469 e. The molecular formula is C13H18N2O2. The van der Waals surface area contributed by atoms with Crippen LogP contribution in [0.15, 0.2) is 18.2 Å². The Labute approximate surface area is 101 Å². The van der Waals surface area contributed by atoms with Gasteiger partial charge in [-0.25, -0.2) is 0 Å². The van der Waals surface area contributed by atoms with Gasteiger partial charge in [-0.15, -0.1) is 0 Å². The van der Waals surface area contributed by atoms with E-state index in [2.05, 4.69) is 11.0 Å². The first-order valence-electron chi connectivity index (χ1n) is 5.83. The van der Waals surface area contributed by atoms with Crippen LogP contribution in [0.5, 0.6) is 0 Å². The number of benzene rings is 1. The van der Waals surface area contributed by atoms with Crippen molar-refractivity contribution in [2.45, 2.75) is 13.3 Å². The zero-order chi connectivity index (χ0) is 12.4. The summed E-state index contributed by atoms with van der Waals surface area (Å²) in [5.41, 5.74) is 9.13. The summed E-state index contributed by atoms with van der Waals surface area (Å²) in [5.74, 6) is -0.307. The average molecular weight is 234 g/mol. The molecule has 0 saturated heterocycles. The van der Waals surface area contributed by atoms with E-state index < -0.39 is 0 Å². The quantitative estimate of drug-likeness (QED) is 0.635. The van der Waals surface area contributed by atoms with Crippen LogP contribution in [-0.2, 0) is 16.0 Å². The van der Waals surface area contributed by atoms with Crippen molar-refractivity contribution in [3.63, 3.8) is 0 Å². The monoisotopic (exact) mass is 234 g/mol. The van der Waals surface area contributed by atoms with Crippen molar-refractivity contribution in [3.05, 3.63) is 23.8 Å². The Balaban J connectivity index is 2.14. The topological polar surface area (TPSA) is 55.6 Å². The maximum atomic E-state index is 11.4. The summed E-state index contributed by atoms with van der Waals surface area (Å²) < 4.78 is 4.74. The first kappa shape index (κ1) is 11.8. The number of nitrogens with two attached hydrogens (primary N) is 1. The maximum absolute atomic E-state index is 11.4. The van der Waals surface area contributed by atoms with E-state index in [0.717, 1.165) is 24.3 Å². The molecule has 1 aromatic rings. The number of carbonyl (C=O) groups is 1. The molecule has 1 aliphatic heterocycles. The fourth-order valence-corrected chi connectivity index (χ4v) is 2.35. The van der Waals surface area contributed by atoms with Crippen molar-refractivity contribution in [2.75, 3.05) is 30.8 Å². The van der Waals surface area contributed by atoms with Crippen LogP contribution < -0.4 is 10.6 Å². The number of methoxy groups -OCH3 is 1. The van der Waals surface area contributed by atoms with Gasteiger partial charge in [-0.05, 0) is 18.1 Å². The van der Waals surface area contributed by atoms with Crippen LogP contribution in [0, 0.1) is 5.92 Å². The third-order valence-electron chi connectivity index (χ3n) is 3.22. The van der Waals surface area contributed by atoms with E-state index in [1.807, 2.05) is 19.1 Å². The van der Waals surface area contributed by atoms with Crippen molar-refractivity contribution in [3.8, 4) is 0 Å². The number of anilines is 2. The van der Waals surface area contributed by atoms with Crippen molar-refractivity contribution in [2.24, 2.45) is 5.92 Å². The smallest absolute Gasteiger partial charge is 0.310 e. The Hall–Kier alpha value is -1.71. The van der Waals surface area contributed by atoms with Gasteiger partial charge in [0.25, 0.3) is 0 Å². The van der Waals surface area contributed by atoms with Gasteiger partial charge in [-0.3, -0.25) is 4.79 Å². The van der Waals surface area contributed by atoms with Crippen LogP contribution in [0.4, 0.5) is 11.4 Å². The van der Waals surface area contributed by atoms with Crippen molar-refractivity contribution >= 4 is 17.3 Å². The number of rotatable bonds is 3. The first-order valence-corrected chi connectivity index (χ1v) is 5.83. The summed E-state index contributed by atoms with van der Waals surface area (Å²) in [6.45, 7) is 3.46. The van der Waals surface area contributed by atoms with Gasteiger partial charge in [0, 0.05) is 13.1 Å². The average Bonchev–Trinajstić information content (AvgIpc) is 2.72. The van der Waals surface area contributed by atoms with E-state index in [1.165, 1.54) is 12.7 Å². The Morgan fingerprint density at radius 2 is 2.35 bits per heavy atom. The van der Waals surface area contributed by atoms with Gasteiger partial charge in [0.2, 0.25) is 0 Å². The normalized spacial score (nSPS) is 15.5. The molecule has 0 spiro atoms. The van der Waals surface area contributed by atoms with Crippen LogP contribution in [0.3, 0.4) is 0 Å². The molecule has 1 heterocycles. The molecule has 4 heteroatoms. The predicted molar refractivity (Wildman–Crippen MR) is 68.0 cm³/mol. The third kappa shape index (κ3) is 2.20. The Kier molecular flexibility index (Phi) is 3.22. The zero-order valence-electron chi connectivity index (χ0n) is 10.3. The molecule has 4 nitrogen and oxygen atoms in total. The highest BCUT2D eigenvalue weighted by atomic mass is 16.5. The fraction of sp³-hybridized carbons (Fsp3) is 0.462. The number of para-hydroxylation sites is 1. The third-order valence-corrected chi connectivity index (χ3v) is 3.22. The molecule has 0 aromatic heterocycles. The lowest BCUT2D eigenvalue weighted by molar-refractivity contribution is -0.144. The molecule has 92 valence electrons. The summed E-state index contributed by atoms with van der Waals surface area (Å²) in [6.07, 6.45) is 0.994. The van der Waals surface area contributed by atoms with E-state index in [-0.39, 0.29) is 11.9 Å². The van der Waals surface area contributed by atoms with Gasteiger partial charge in [0.1, 0.15) is 0 Å². The summed E-state index contributed by atoms with van der Waals surface area (Å²) in [4.78, 5) is 13.6. The van der Waals surface area contributed by atoms with Gasteiger partial charge < -0.3 is 15.4 Å². The largest absolute Gasteiger partial charge is 0.469 e. The summed E-state index contributed by atoms with van der Waals surface area (Å²) >= 11 is 0. The molecule has 1 atom stereocenters. The second kappa shape index (κ2) is 4.65. The SMILES string of the molecule is COC(=O)C(C)CN1CCc2cccc(N)c21. The van der Waals surface area contributed by atoms with E-state index >= 15 is 0 Å². The number of nitrogens with zero attached hydrogens (tertiary/aromatic N) is 1. The Morgan fingerprint density at radius 1 is 1.59 bits per heavy atom. The van der Waals surface area contributed by atoms with Gasteiger partial charge in [-0.1, -0.05) is 19.1 Å². The Bertz CT molecular complexity index is 431. The van der Waals surface area contributed by atoms with E-state index in [4.69, 9.17) is 10.5 Å². The second-order valence-electron chi connectivity index (χ2n) is 4.48. The second-order valence-corrected chi connectivity index (χ2v) is 4.48. The summed E-state index contributed by atoms with van der Waals surface area (Å²) in [6, 6.07) is 5.97. The molecular weight excluding hydrogens is 216 g/mol. The maximum Gasteiger partial charge on any atom is 0.310 e. The molecule has 17 heavy (non-hydrogen) atoms. The molecule has 0 fully saturated rings. The minimum absolute atomic E-state index is 0.134. The molecule has 0 radical (unpaired) electrons. The van der Waals surface area contributed by atoms with Gasteiger partial charge in [0.05, 0.1) is 24.4 Å². The van der Waals surface area contributed by atoms with Crippen LogP contribution in [0.25, 0.3) is 0 Å². The number of esters is 1. The molecule has 0 aliphatic carbocycles. The lowest BCUT2D eigenvalue weighted by Crippen LogP contribution is -2.31. The number of fused-ring (bicyclic) bond motifs is 1. The molecule has 2 rings (SSSR count). The van der Waals surface area contributed by atoms with Gasteiger partial charge in [-0.2, -0.15) is 0 Å². The standard InChI is InChI=1S/C13H18N2O2/c1-9(13(16)17-2)8-15-7-6-10-4-3-5-11(14)12(10)15/h3-5,9H,6-8,14H2,1-2H3. The first-order chi connectivity index (χ1) is 8.13. The number of nitrogen functional groups attached to an aromatic ring is 1. The molecule has 1 aliphatic rings. The molecule has 0 saturated carbocycles. The Morgan fingerprint density at radius 3 is 3.06 bits per heavy atom. The zero-order valence-corrected chi connectivity index (χ0v) is 10.3. The number of hydrogen-bond acceptors (Lipinski definition) is 4. The van der Waals surface area contributed by atoms with E-state index in [9.17, 15) is 4.79 Å². The molecule has 1 aromatic carbocycles. The number of hydrogen-bond donors (Lipinski definition) is 1. The van der Waals surface area contributed by atoms with Crippen LogP contribution in [0.2, 0.25) is 0 Å². The highest BCUT2D eigenvalue weighted by Gasteiger charge is 2.25. The van der Waals surface area contributed by atoms with Gasteiger partial charge in [0.15, 0.2) is 0 Å². The number of carbonyl (C=O) groups excluding carboxylic acids is 1. The van der Waals surface area contributed by atoms with Crippen molar-refractivity contribution in [1.29, 1.82) is 0 Å². The van der Waals surface area contributed by atoms with E-state index in [0.29, 0.717) is 6.54 Å². The lowest BCUT2D eigenvalue weighted by atomic mass is 10.1. The fourth-order valence-electron chi connectivity index (χ4n) is 2.35. The lowest BCUT2D eigenvalue weighted by Gasteiger charge is -2.23. The molecule has 0 bridgehead atoms. The van der Waals surface area contributed by atoms with Crippen molar-refractivity contribution in [1.82, 2.24) is 0 Å². The van der Waals surface area contributed by atoms with Crippen LogP contribution in [-0.4, -0.2) is 26.2 Å². The van der Waals surface area contributed by atoms with Crippen molar-refractivity contribution < 1.29 is 9.53 Å². The van der Waals surface area contributed by atoms with Gasteiger partial charge >= 0.3 is 5.97 Å². The van der Waals surface area contributed by atoms with Crippen LogP contribution in [0.1, 0.15) is 12.5 Å². The molecule has 0 amide bonds. The minimum atomic E-state index is -0.173. The van der Waals surface area contributed by atoms with E-state index in [1.54, 1.807) is 0 Å².